The van der Waals surface area contributed by atoms with Gasteiger partial charge >= 0.3 is 0 Å². The van der Waals surface area contributed by atoms with Crippen LogP contribution in [0.3, 0.4) is 0 Å². The van der Waals surface area contributed by atoms with Crippen molar-refractivity contribution in [2.75, 3.05) is 0 Å². The van der Waals surface area contributed by atoms with Gasteiger partial charge in [0.05, 0.1) is 0 Å². The van der Waals surface area contributed by atoms with E-state index >= 15 is 0 Å². The highest BCUT2D eigenvalue weighted by atomic mass is 16.1. The number of carbonyl (C=O) groups excluding carboxylic acids is 5. The Hall–Kier alpha value is -3.99. The Morgan fingerprint density at radius 1 is 0.596 bits per heavy atom. The molecule has 0 amide bonds. The monoisotopic (exact) mass is 632 g/mol. The van der Waals surface area contributed by atoms with Crippen LogP contribution in [0.25, 0.3) is 0 Å². The zero-order chi connectivity index (χ0) is 33.7. The van der Waals surface area contributed by atoms with Crippen LogP contribution in [-0.4, -0.2) is 29.4 Å². The van der Waals surface area contributed by atoms with E-state index in [2.05, 4.69) is 31.2 Å². The molecule has 7 aliphatic rings. The molecule has 0 unspecified atom stereocenters. The lowest BCUT2D eigenvalue weighted by Crippen LogP contribution is -2.43. The molecule has 6 bridgehead atoms. The number of hydrogen-bond donors (Lipinski definition) is 0. The zero-order valence-electron chi connectivity index (χ0n) is 28.5. The Balaban J connectivity index is 1.56. The summed E-state index contributed by atoms with van der Waals surface area (Å²) in [5, 5.41) is 0. The van der Waals surface area contributed by atoms with Crippen LogP contribution in [0.4, 0.5) is 0 Å². The molecule has 0 aromatic carbocycles. The lowest BCUT2D eigenvalue weighted by molar-refractivity contribution is -0.123. The third-order valence-corrected chi connectivity index (χ3v) is 10.8. The fourth-order valence-electron chi connectivity index (χ4n) is 7.98. The summed E-state index contributed by atoms with van der Waals surface area (Å²) < 4.78 is 0. The Labute approximate surface area is 279 Å². The molecule has 47 heavy (non-hydrogen) atoms. The van der Waals surface area contributed by atoms with Gasteiger partial charge in [0.25, 0.3) is 0 Å². The summed E-state index contributed by atoms with van der Waals surface area (Å²) in [6.45, 7) is 8.20. The quantitative estimate of drug-likeness (QED) is 0.164. The van der Waals surface area contributed by atoms with Gasteiger partial charge in [-0.1, -0.05) is 58.2 Å². The van der Waals surface area contributed by atoms with Crippen LogP contribution in [0, 0.1) is 17.3 Å². The molecule has 0 aromatic rings. The molecule has 246 valence electrons. The van der Waals surface area contributed by atoms with E-state index in [9.17, 15) is 24.0 Å². The predicted molar refractivity (Wildman–Crippen MR) is 186 cm³/mol. The highest BCUT2D eigenvalue weighted by molar-refractivity contribution is 6.20. The van der Waals surface area contributed by atoms with Crippen LogP contribution in [0.2, 0.25) is 0 Å². The normalized spacial score (nSPS) is 32.9. The van der Waals surface area contributed by atoms with Crippen LogP contribution >= 0.6 is 0 Å². The highest BCUT2D eigenvalue weighted by Gasteiger charge is 2.47. The highest BCUT2D eigenvalue weighted by Crippen LogP contribution is 2.52. The van der Waals surface area contributed by atoms with Crippen LogP contribution in [-0.2, 0) is 24.0 Å². The van der Waals surface area contributed by atoms with Crippen molar-refractivity contribution in [2.24, 2.45) is 17.3 Å². The second kappa shape index (κ2) is 14.8. The molecular formula is C42H48O5. The van der Waals surface area contributed by atoms with E-state index in [1.807, 2.05) is 26.8 Å². The summed E-state index contributed by atoms with van der Waals surface area (Å²) in [7, 11) is 0. The third-order valence-electron chi connectivity index (χ3n) is 10.8. The van der Waals surface area contributed by atoms with Crippen molar-refractivity contribution in [3.8, 4) is 0 Å². The van der Waals surface area contributed by atoms with Crippen molar-refractivity contribution >= 4 is 29.4 Å². The molecule has 0 saturated carbocycles. The first-order valence-corrected chi connectivity index (χ1v) is 17.3. The average Bonchev–Trinajstić information content (AvgIpc) is 3.01. The van der Waals surface area contributed by atoms with Gasteiger partial charge in [-0.25, -0.2) is 0 Å². The minimum absolute atomic E-state index is 0.0969. The lowest BCUT2D eigenvalue weighted by atomic mass is 9.56. The van der Waals surface area contributed by atoms with E-state index in [4.69, 9.17) is 0 Å². The first-order chi connectivity index (χ1) is 22.5. The maximum absolute atomic E-state index is 13.5. The second-order valence-electron chi connectivity index (χ2n) is 14.5. The summed E-state index contributed by atoms with van der Waals surface area (Å²) in [6.07, 6.45) is 25.9. The molecule has 5 nitrogen and oxygen atoms in total. The van der Waals surface area contributed by atoms with Gasteiger partial charge in [-0.15, -0.1) is 0 Å². The number of carbonyl (C=O) groups is 5. The second-order valence-corrected chi connectivity index (χ2v) is 14.5. The van der Waals surface area contributed by atoms with Crippen molar-refractivity contribution in [3.05, 3.63) is 105 Å². The Bertz CT molecular complexity index is 1660. The minimum atomic E-state index is -0.734. The summed E-state index contributed by atoms with van der Waals surface area (Å²) in [6, 6.07) is 0. The molecule has 5 heteroatoms. The van der Waals surface area contributed by atoms with Gasteiger partial charge in [0.2, 0.25) is 0 Å². The molecular weight excluding hydrogens is 584 g/mol. The van der Waals surface area contributed by atoms with E-state index in [0.29, 0.717) is 67.2 Å². The Morgan fingerprint density at radius 2 is 1.15 bits per heavy atom. The summed E-state index contributed by atoms with van der Waals surface area (Å²) >= 11 is 0. The van der Waals surface area contributed by atoms with E-state index in [0.717, 1.165) is 55.1 Å². The van der Waals surface area contributed by atoms with Gasteiger partial charge in [-0.2, -0.15) is 0 Å². The topological polar surface area (TPSA) is 85.3 Å². The van der Waals surface area contributed by atoms with Gasteiger partial charge < -0.3 is 4.79 Å². The van der Waals surface area contributed by atoms with Crippen molar-refractivity contribution in [1.29, 1.82) is 0 Å². The first-order valence-electron chi connectivity index (χ1n) is 17.3. The summed E-state index contributed by atoms with van der Waals surface area (Å²) in [4.78, 5) is 66.1. The van der Waals surface area contributed by atoms with E-state index in [-0.39, 0.29) is 35.0 Å². The van der Waals surface area contributed by atoms with Crippen molar-refractivity contribution in [1.82, 2.24) is 0 Å². The fraction of sp³-hybridized carbons (Fsp3) is 0.452. The van der Waals surface area contributed by atoms with Crippen molar-refractivity contribution in [3.63, 3.8) is 0 Å². The lowest BCUT2D eigenvalue weighted by Gasteiger charge is -2.46. The molecule has 7 rings (SSSR count). The van der Waals surface area contributed by atoms with E-state index < -0.39 is 5.41 Å². The van der Waals surface area contributed by atoms with Gasteiger partial charge in [-0.05, 0) is 141 Å². The molecule has 0 heterocycles. The molecule has 0 saturated heterocycles. The molecule has 0 spiro atoms. The molecule has 0 aliphatic heterocycles. The number of hydrogen-bond acceptors (Lipinski definition) is 5. The minimum Gasteiger partial charge on any atom is -0.303 e. The van der Waals surface area contributed by atoms with Crippen LogP contribution in [0.15, 0.2) is 105 Å². The molecule has 0 aromatic heterocycles. The Kier molecular flexibility index (Phi) is 10.8. The SMILES string of the molecule is C/C1=C/CCC2=C[C@@H](C/C(C)=C/CC3=CC(=O)C(=CC3=O)C1)[C@]1(C=O)CC/C=C(\C)CC/C=C(\C)CC3=CC(=O)C(=CC3=O)C[C@@H]1C2. The molecule has 0 N–H and O–H groups in total. The van der Waals surface area contributed by atoms with Crippen LogP contribution in [0.5, 0.6) is 0 Å². The summed E-state index contributed by atoms with van der Waals surface area (Å²) in [5.41, 5.74) is 7.07. The Morgan fingerprint density at radius 3 is 1.81 bits per heavy atom. The predicted octanol–water partition coefficient (Wildman–Crippen LogP) is 8.85. The van der Waals surface area contributed by atoms with Gasteiger partial charge in [0.15, 0.2) is 23.1 Å². The van der Waals surface area contributed by atoms with E-state index in [1.165, 1.54) is 35.5 Å². The van der Waals surface area contributed by atoms with E-state index in [1.54, 1.807) is 0 Å². The number of rotatable bonds is 1. The third kappa shape index (κ3) is 8.12. The fourth-order valence-corrected chi connectivity index (χ4v) is 7.98. The van der Waals surface area contributed by atoms with Crippen LogP contribution in [0.1, 0.15) is 105 Å². The standard InChI is InChI=1S/C42H48O5/c1-27-8-5-9-28(2)16-34-24-41(47)35(25-40(34)46)21-37-20-31-12-6-10-29(3)17-33-23-38(44)32(22-39(33)45)14-13-30(4)18-36(19-31)42(37,26-43)15-7-11-27/h9-11,13,19,22-26,36-37H,5-8,12,14-18,20-21H2,1-4H3/b27-11+,28-9+,29-10-,30-13+/t36-,37+,42-/m1/s1. The largest absolute Gasteiger partial charge is 0.303 e. The number of ketones is 4. The molecule has 3 atom stereocenters. The average molecular weight is 633 g/mol. The summed E-state index contributed by atoms with van der Waals surface area (Å²) in [5.74, 6) is -0.681. The smallest absolute Gasteiger partial charge is 0.182 e. The molecule has 0 radical (unpaired) electrons. The number of aldehydes is 1. The van der Waals surface area contributed by atoms with Gasteiger partial charge in [-0.3, -0.25) is 19.2 Å². The number of fused-ring (bicyclic) bond motifs is 15. The van der Waals surface area contributed by atoms with Crippen LogP contribution < -0.4 is 0 Å². The first kappa shape index (κ1) is 34.3. The maximum Gasteiger partial charge on any atom is 0.182 e. The van der Waals surface area contributed by atoms with Crippen molar-refractivity contribution < 1.29 is 24.0 Å². The molecule has 7 aliphatic carbocycles. The maximum atomic E-state index is 13.5. The zero-order valence-corrected chi connectivity index (χ0v) is 28.5. The van der Waals surface area contributed by atoms with Gasteiger partial charge in [0, 0.05) is 27.7 Å². The number of allylic oxidation sites excluding steroid dienone is 18. The molecule has 0 fully saturated rings. The van der Waals surface area contributed by atoms with Gasteiger partial charge in [0.1, 0.15) is 6.29 Å². The van der Waals surface area contributed by atoms with Crippen molar-refractivity contribution in [2.45, 2.75) is 105 Å².